The van der Waals surface area contributed by atoms with E-state index in [2.05, 4.69) is 43.5 Å². The van der Waals surface area contributed by atoms with Crippen molar-refractivity contribution in [1.29, 1.82) is 0 Å². The minimum absolute atomic E-state index is 0.237. The normalized spacial score (nSPS) is 24.4. The van der Waals surface area contributed by atoms with E-state index in [1.165, 1.54) is 379 Å². The van der Waals surface area contributed by atoms with Gasteiger partial charge in [-0.1, -0.05) is 442 Å². The molecule has 17 atom stereocenters. The van der Waals surface area contributed by atoms with Gasteiger partial charge in [-0.05, 0) is 44.9 Å². The maximum atomic E-state index is 13.5. The van der Waals surface area contributed by atoms with Gasteiger partial charge in [0.15, 0.2) is 18.9 Å². The minimum Gasteiger partial charge on any atom is -0.394 e. The molecule has 0 bridgehead atoms. The Labute approximate surface area is 721 Å². The van der Waals surface area contributed by atoms with Crippen molar-refractivity contribution in [2.45, 2.75) is 561 Å². The van der Waals surface area contributed by atoms with Crippen molar-refractivity contribution >= 4 is 5.91 Å². The molecule has 3 heterocycles. The van der Waals surface area contributed by atoms with Crippen LogP contribution in [0.15, 0.2) is 36.5 Å². The smallest absolute Gasteiger partial charge is 0.220 e. The highest BCUT2D eigenvalue weighted by molar-refractivity contribution is 5.76. The van der Waals surface area contributed by atoms with Crippen LogP contribution in [0.2, 0.25) is 0 Å². The number of rotatable bonds is 84. The highest BCUT2D eigenvalue weighted by Crippen LogP contribution is 2.34. The summed E-state index contributed by atoms with van der Waals surface area (Å²) in [5.74, 6) is -0.280. The van der Waals surface area contributed by atoms with E-state index in [0.29, 0.717) is 12.8 Å². The summed E-state index contributed by atoms with van der Waals surface area (Å²) in [4.78, 5) is 13.5. The minimum atomic E-state index is -1.98. The summed E-state index contributed by atoms with van der Waals surface area (Å²) in [6.07, 6.45) is 76.4. The van der Waals surface area contributed by atoms with Gasteiger partial charge in [-0.15, -0.1) is 0 Å². The molecular weight excluding hydrogens is 1490 g/mol. The van der Waals surface area contributed by atoms with E-state index in [0.717, 1.165) is 44.9 Å². The van der Waals surface area contributed by atoms with Crippen LogP contribution in [0.5, 0.6) is 0 Å². The zero-order chi connectivity index (χ0) is 85.2. The monoisotopic (exact) mass is 1680 g/mol. The second-order valence-corrected chi connectivity index (χ2v) is 35.9. The number of aliphatic hydroxyl groups is 11. The molecule has 3 rings (SSSR count). The van der Waals surface area contributed by atoms with E-state index >= 15 is 0 Å². The Balaban J connectivity index is 1.29. The molecule has 0 spiro atoms. The molecule has 0 aromatic carbocycles. The fourth-order valence-electron chi connectivity index (χ4n) is 17.2. The first-order valence-corrected chi connectivity index (χ1v) is 50.2. The van der Waals surface area contributed by atoms with E-state index in [1.807, 2.05) is 6.08 Å². The van der Waals surface area contributed by atoms with Gasteiger partial charge < -0.3 is 89.9 Å². The summed E-state index contributed by atoms with van der Waals surface area (Å²) in [5, 5.41) is 121. The standard InChI is InChI=1S/C99H187NO18/c1-3-5-7-9-11-13-15-17-19-21-23-25-27-29-31-33-35-37-38-39-40-41-42-43-44-45-47-49-51-53-55-57-59-61-63-65-67-69-71-73-75-77-87(105)100-82(83(104)76-74-72-70-68-66-64-62-60-58-56-54-52-50-48-46-36-34-32-30-28-26-24-22-20-18-16-14-12-10-8-6-4-2)81-113-97-93(111)90(108)95(85(79-102)115-97)118-99-94(112)91(109)96(86(80-103)116-99)117-98-92(110)89(107)88(106)84(78-101)114-98/h58,60,66,68,74,76,82-86,88-99,101-104,106-112H,3-57,59,61-65,67,69-73,75,77-81H2,1-2H3,(H,100,105)/b60-58+,68-66+,76-74+. The Bertz CT molecular complexity index is 2260. The number of carbonyl (C=O) groups is 1. The quantitative estimate of drug-likeness (QED) is 0.0199. The SMILES string of the molecule is CCCCCCCCCCCCCCCCCCCCCCCC/C=C/CC/C=C/CC/C=C/C(O)C(COC1OC(CO)C(OC2OC(CO)C(OC3OC(CO)C(O)C(O)C3O)C(O)C2O)C(O)C1O)NC(=O)CCCCCCCCCCCCCCCCCCCCCCCCCCCCCCCCCCCCCCCCCCC. The van der Waals surface area contributed by atoms with Gasteiger partial charge in [0.25, 0.3) is 0 Å². The molecule has 3 fully saturated rings. The second kappa shape index (κ2) is 78.5. The van der Waals surface area contributed by atoms with Gasteiger partial charge in [0.05, 0.1) is 38.6 Å². The van der Waals surface area contributed by atoms with Crippen molar-refractivity contribution in [2.24, 2.45) is 0 Å². The van der Waals surface area contributed by atoms with Crippen LogP contribution in [0.4, 0.5) is 0 Å². The maximum Gasteiger partial charge on any atom is 0.220 e. The number of hydrogen-bond donors (Lipinski definition) is 12. The molecule has 0 aliphatic carbocycles. The molecular formula is C99H187NO18. The Morgan fingerprint density at radius 2 is 0.542 bits per heavy atom. The van der Waals surface area contributed by atoms with E-state index < -0.39 is 124 Å². The van der Waals surface area contributed by atoms with Gasteiger partial charge in [0.1, 0.15) is 73.2 Å². The molecule has 19 heteroatoms. The third kappa shape index (κ3) is 55.5. The molecule has 0 aromatic rings. The van der Waals surface area contributed by atoms with Gasteiger partial charge >= 0.3 is 0 Å². The molecule has 3 aliphatic heterocycles. The number of nitrogens with one attached hydrogen (secondary N) is 1. The third-order valence-corrected chi connectivity index (χ3v) is 25.2. The van der Waals surface area contributed by atoms with Crippen LogP contribution in [0.25, 0.3) is 0 Å². The molecule has 3 aliphatic rings. The zero-order valence-corrected chi connectivity index (χ0v) is 75.7. The van der Waals surface area contributed by atoms with Crippen LogP contribution in [-0.2, 0) is 33.2 Å². The molecule has 3 saturated heterocycles. The summed E-state index contributed by atoms with van der Waals surface area (Å²) in [7, 11) is 0. The third-order valence-electron chi connectivity index (χ3n) is 25.2. The number of carbonyl (C=O) groups excluding carboxylic acids is 1. The lowest BCUT2D eigenvalue weighted by atomic mass is 9.96. The number of hydrogen-bond acceptors (Lipinski definition) is 18. The molecule has 0 aromatic heterocycles. The Hall–Kier alpha value is -1.99. The van der Waals surface area contributed by atoms with Crippen LogP contribution in [0.3, 0.4) is 0 Å². The summed E-state index contributed by atoms with van der Waals surface area (Å²) in [5.41, 5.74) is 0. The van der Waals surface area contributed by atoms with Gasteiger partial charge in [0, 0.05) is 6.42 Å². The maximum absolute atomic E-state index is 13.5. The van der Waals surface area contributed by atoms with E-state index in [-0.39, 0.29) is 18.9 Å². The molecule has 696 valence electrons. The molecule has 17 unspecified atom stereocenters. The van der Waals surface area contributed by atoms with Crippen molar-refractivity contribution in [3.05, 3.63) is 36.5 Å². The Morgan fingerprint density at radius 1 is 0.297 bits per heavy atom. The van der Waals surface area contributed by atoms with Crippen LogP contribution < -0.4 is 5.32 Å². The highest BCUT2D eigenvalue weighted by Gasteiger charge is 2.54. The predicted molar refractivity (Wildman–Crippen MR) is 480 cm³/mol. The fraction of sp³-hybridized carbons (Fsp3) is 0.929. The number of aliphatic hydroxyl groups excluding tert-OH is 11. The van der Waals surface area contributed by atoms with Gasteiger partial charge in [-0.3, -0.25) is 4.79 Å². The highest BCUT2D eigenvalue weighted by atomic mass is 16.8. The van der Waals surface area contributed by atoms with Gasteiger partial charge in [-0.25, -0.2) is 0 Å². The molecule has 118 heavy (non-hydrogen) atoms. The summed E-state index contributed by atoms with van der Waals surface area (Å²) < 4.78 is 34.6. The topological polar surface area (TPSA) is 307 Å². The first-order valence-electron chi connectivity index (χ1n) is 50.2. The van der Waals surface area contributed by atoms with Crippen molar-refractivity contribution in [3.8, 4) is 0 Å². The van der Waals surface area contributed by atoms with Gasteiger partial charge in [-0.2, -0.15) is 0 Å². The largest absolute Gasteiger partial charge is 0.394 e. The molecule has 12 N–H and O–H groups in total. The van der Waals surface area contributed by atoms with Crippen molar-refractivity contribution in [2.75, 3.05) is 26.4 Å². The van der Waals surface area contributed by atoms with Crippen molar-refractivity contribution in [3.63, 3.8) is 0 Å². The summed E-state index contributed by atoms with van der Waals surface area (Å²) >= 11 is 0. The molecule has 19 nitrogen and oxygen atoms in total. The van der Waals surface area contributed by atoms with Crippen LogP contribution in [0.1, 0.15) is 457 Å². The Kier molecular flexibility index (Phi) is 73.3. The lowest BCUT2D eigenvalue weighted by Crippen LogP contribution is -2.66. The number of ether oxygens (including phenoxy) is 6. The van der Waals surface area contributed by atoms with E-state index in [1.54, 1.807) is 6.08 Å². The lowest BCUT2D eigenvalue weighted by Gasteiger charge is -2.48. The van der Waals surface area contributed by atoms with E-state index in [9.17, 15) is 61.0 Å². The predicted octanol–water partition coefficient (Wildman–Crippen LogP) is 20.9. The zero-order valence-electron chi connectivity index (χ0n) is 75.7. The number of unbranched alkanes of at least 4 members (excludes halogenated alkanes) is 64. The molecule has 1 amide bonds. The number of allylic oxidation sites excluding steroid dienone is 5. The average molecular weight is 1680 g/mol. The van der Waals surface area contributed by atoms with Crippen LogP contribution >= 0.6 is 0 Å². The second-order valence-electron chi connectivity index (χ2n) is 35.9. The lowest BCUT2D eigenvalue weighted by molar-refractivity contribution is -0.379. The first kappa shape index (κ1) is 110. The van der Waals surface area contributed by atoms with Gasteiger partial charge in [0.2, 0.25) is 5.91 Å². The van der Waals surface area contributed by atoms with Crippen LogP contribution in [0, 0.1) is 0 Å². The summed E-state index contributed by atoms with van der Waals surface area (Å²) in [6, 6.07) is -0.998. The number of amides is 1. The Morgan fingerprint density at radius 3 is 0.847 bits per heavy atom. The van der Waals surface area contributed by atoms with E-state index in [4.69, 9.17) is 28.4 Å². The molecule has 0 radical (unpaired) electrons. The van der Waals surface area contributed by atoms with Crippen molar-refractivity contribution in [1.82, 2.24) is 5.32 Å². The first-order chi connectivity index (χ1) is 57.8. The average Bonchev–Trinajstić information content (AvgIpc) is 0.783. The van der Waals surface area contributed by atoms with Crippen molar-refractivity contribution < 1.29 is 89.4 Å². The van der Waals surface area contributed by atoms with Crippen LogP contribution in [-0.4, -0.2) is 193 Å². The molecule has 0 saturated carbocycles. The fourth-order valence-corrected chi connectivity index (χ4v) is 17.2. The summed E-state index contributed by atoms with van der Waals surface area (Å²) in [6.45, 7) is 1.80.